The number of benzene rings is 1. The molecular weight excluding hydrogens is 200 g/mol. The molecule has 1 saturated heterocycles. The topological polar surface area (TPSA) is 46.3 Å². The molecule has 1 atom stereocenters. The molecule has 2 rings (SSSR count). The smallest absolute Gasteiger partial charge is 0.255 e. The lowest BCUT2D eigenvalue weighted by molar-refractivity contribution is 0.0684. The number of hydrogen-bond donors (Lipinski definition) is 1. The summed E-state index contributed by atoms with van der Waals surface area (Å²) < 4.78 is 0. The molecule has 1 aromatic rings. The molecule has 0 aromatic heterocycles. The van der Waals surface area contributed by atoms with Gasteiger partial charge in [-0.15, -0.1) is 0 Å². The SMILES string of the molecule is C[C@H]1CCCN(C(=O)c2ccccc2N)C1. The highest BCUT2D eigenvalue weighted by atomic mass is 16.2. The fourth-order valence-electron chi connectivity index (χ4n) is 2.24. The Morgan fingerprint density at radius 2 is 2.19 bits per heavy atom. The number of anilines is 1. The molecule has 0 bridgehead atoms. The number of nitrogens with two attached hydrogens (primary N) is 1. The second-order valence-corrected chi connectivity index (χ2v) is 4.59. The van der Waals surface area contributed by atoms with Crippen LogP contribution in [0.5, 0.6) is 0 Å². The van der Waals surface area contributed by atoms with E-state index in [9.17, 15) is 4.79 Å². The van der Waals surface area contributed by atoms with Gasteiger partial charge in [0.1, 0.15) is 0 Å². The van der Waals surface area contributed by atoms with Gasteiger partial charge in [-0.25, -0.2) is 0 Å². The number of carbonyl (C=O) groups excluding carboxylic acids is 1. The second-order valence-electron chi connectivity index (χ2n) is 4.59. The van der Waals surface area contributed by atoms with E-state index in [1.807, 2.05) is 17.0 Å². The van der Waals surface area contributed by atoms with Crippen LogP contribution in [-0.2, 0) is 0 Å². The maximum atomic E-state index is 12.2. The summed E-state index contributed by atoms with van der Waals surface area (Å²) in [5.41, 5.74) is 7.03. The van der Waals surface area contributed by atoms with Crippen LogP contribution in [0.2, 0.25) is 0 Å². The first-order valence-corrected chi connectivity index (χ1v) is 5.82. The highest BCUT2D eigenvalue weighted by molar-refractivity contribution is 5.99. The molecule has 1 heterocycles. The molecule has 3 heteroatoms. The molecule has 1 aliphatic heterocycles. The maximum Gasteiger partial charge on any atom is 0.255 e. The van der Waals surface area contributed by atoms with E-state index in [0.717, 1.165) is 19.5 Å². The minimum absolute atomic E-state index is 0.0738. The monoisotopic (exact) mass is 218 g/mol. The minimum Gasteiger partial charge on any atom is -0.398 e. The predicted octanol–water partition coefficient (Wildman–Crippen LogP) is 2.14. The Hall–Kier alpha value is -1.51. The van der Waals surface area contributed by atoms with Crippen LogP contribution in [0.1, 0.15) is 30.1 Å². The van der Waals surface area contributed by atoms with E-state index in [2.05, 4.69) is 6.92 Å². The fourth-order valence-corrected chi connectivity index (χ4v) is 2.24. The largest absolute Gasteiger partial charge is 0.398 e. The molecule has 0 spiro atoms. The summed E-state index contributed by atoms with van der Waals surface area (Å²) in [5.74, 6) is 0.673. The molecule has 0 unspecified atom stereocenters. The Morgan fingerprint density at radius 3 is 2.88 bits per heavy atom. The number of nitrogen functional groups attached to an aromatic ring is 1. The Kier molecular flexibility index (Phi) is 3.13. The molecule has 0 aliphatic carbocycles. The van der Waals surface area contributed by atoms with Crippen molar-refractivity contribution >= 4 is 11.6 Å². The van der Waals surface area contributed by atoms with Gasteiger partial charge < -0.3 is 10.6 Å². The quantitative estimate of drug-likeness (QED) is 0.734. The number of nitrogens with zero attached hydrogens (tertiary/aromatic N) is 1. The Balaban J connectivity index is 2.16. The first-order valence-electron chi connectivity index (χ1n) is 5.82. The van der Waals surface area contributed by atoms with Crippen molar-refractivity contribution in [1.82, 2.24) is 4.90 Å². The minimum atomic E-state index is 0.0738. The zero-order valence-electron chi connectivity index (χ0n) is 9.65. The summed E-state index contributed by atoms with van der Waals surface area (Å²) in [6, 6.07) is 7.29. The number of rotatable bonds is 1. The van der Waals surface area contributed by atoms with Crippen LogP contribution in [0.25, 0.3) is 0 Å². The number of para-hydroxylation sites is 1. The Bertz CT molecular complexity index is 389. The van der Waals surface area contributed by atoms with Crippen molar-refractivity contribution in [2.75, 3.05) is 18.8 Å². The van der Waals surface area contributed by atoms with Gasteiger partial charge in [-0.2, -0.15) is 0 Å². The fraction of sp³-hybridized carbons (Fsp3) is 0.462. The number of piperidine rings is 1. The molecule has 1 aliphatic rings. The van der Waals surface area contributed by atoms with E-state index in [0.29, 0.717) is 17.2 Å². The van der Waals surface area contributed by atoms with Crippen LogP contribution in [0.3, 0.4) is 0 Å². The average molecular weight is 218 g/mol. The zero-order chi connectivity index (χ0) is 11.5. The normalized spacial score (nSPS) is 20.8. The molecule has 2 N–H and O–H groups in total. The van der Waals surface area contributed by atoms with Crippen LogP contribution in [-0.4, -0.2) is 23.9 Å². The summed E-state index contributed by atoms with van der Waals surface area (Å²) in [7, 11) is 0. The van der Waals surface area contributed by atoms with Gasteiger partial charge in [0, 0.05) is 18.8 Å². The summed E-state index contributed by atoms with van der Waals surface area (Å²) in [6.07, 6.45) is 2.31. The number of hydrogen-bond acceptors (Lipinski definition) is 2. The zero-order valence-corrected chi connectivity index (χ0v) is 9.65. The molecular formula is C13H18N2O. The maximum absolute atomic E-state index is 12.2. The first-order chi connectivity index (χ1) is 7.68. The van der Waals surface area contributed by atoms with Crippen LogP contribution in [0.15, 0.2) is 24.3 Å². The molecule has 1 aromatic carbocycles. The number of amides is 1. The molecule has 0 saturated carbocycles. The standard InChI is InChI=1S/C13H18N2O/c1-10-5-4-8-15(9-10)13(16)11-6-2-3-7-12(11)14/h2-3,6-7,10H,4-5,8-9,14H2,1H3/t10-/m0/s1. The molecule has 1 amide bonds. The van der Waals surface area contributed by atoms with E-state index in [-0.39, 0.29) is 5.91 Å². The van der Waals surface area contributed by atoms with E-state index >= 15 is 0 Å². The van der Waals surface area contributed by atoms with E-state index in [1.54, 1.807) is 12.1 Å². The van der Waals surface area contributed by atoms with Gasteiger partial charge >= 0.3 is 0 Å². The number of likely N-dealkylation sites (tertiary alicyclic amines) is 1. The van der Waals surface area contributed by atoms with Gasteiger partial charge in [0.15, 0.2) is 0 Å². The molecule has 0 radical (unpaired) electrons. The summed E-state index contributed by atoms with van der Waals surface area (Å²) >= 11 is 0. The molecule has 1 fully saturated rings. The lowest BCUT2D eigenvalue weighted by atomic mass is 9.99. The lowest BCUT2D eigenvalue weighted by Gasteiger charge is -2.31. The van der Waals surface area contributed by atoms with Gasteiger partial charge in [-0.05, 0) is 30.9 Å². The van der Waals surface area contributed by atoms with Gasteiger partial charge in [-0.1, -0.05) is 19.1 Å². The summed E-state index contributed by atoms with van der Waals surface area (Å²) in [5, 5.41) is 0. The van der Waals surface area contributed by atoms with Crippen LogP contribution in [0.4, 0.5) is 5.69 Å². The van der Waals surface area contributed by atoms with Crippen molar-refractivity contribution in [3.8, 4) is 0 Å². The third-order valence-corrected chi connectivity index (χ3v) is 3.14. The van der Waals surface area contributed by atoms with E-state index in [1.165, 1.54) is 6.42 Å². The highest BCUT2D eigenvalue weighted by Gasteiger charge is 2.22. The van der Waals surface area contributed by atoms with Gasteiger partial charge in [0.25, 0.3) is 5.91 Å². The summed E-state index contributed by atoms with van der Waals surface area (Å²) in [4.78, 5) is 14.1. The van der Waals surface area contributed by atoms with Gasteiger partial charge in [-0.3, -0.25) is 4.79 Å². The van der Waals surface area contributed by atoms with Crippen LogP contribution in [0, 0.1) is 5.92 Å². The third kappa shape index (κ3) is 2.18. The predicted molar refractivity (Wildman–Crippen MR) is 65.2 cm³/mol. The highest BCUT2D eigenvalue weighted by Crippen LogP contribution is 2.20. The third-order valence-electron chi connectivity index (χ3n) is 3.14. The van der Waals surface area contributed by atoms with Crippen molar-refractivity contribution < 1.29 is 4.79 Å². The van der Waals surface area contributed by atoms with Crippen molar-refractivity contribution in [2.24, 2.45) is 5.92 Å². The molecule has 16 heavy (non-hydrogen) atoms. The van der Waals surface area contributed by atoms with Crippen LogP contribution >= 0.6 is 0 Å². The number of carbonyl (C=O) groups is 1. The average Bonchev–Trinajstić information content (AvgIpc) is 2.29. The van der Waals surface area contributed by atoms with Crippen molar-refractivity contribution in [1.29, 1.82) is 0 Å². The van der Waals surface area contributed by atoms with Gasteiger partial charge in [0.2, 0.25) is 0 Å². The Morgan fingerprint density at radius 1 is 1.44 bits per heavy atom. The van der Waals surface area contributed by atoms with Crippen molar-refractivity contribution in [3.63, 3.8) is 0 Å². The van der Waals surface area contributed by atoms with Gasteiger partial charge in [0.05, 0.1) is 5.56 Å². The van der Waals surface area contributed by atoms with Crippen LogP contribution < -0.4 is 5.73 Å². The van der Waals surface area contributed by atoms with Crippen molar-refractivity contribution in [3.05, 3.63) is 29.8 Å². The second kappa shape index (κ2) is 4.56. The van der Waals surface area contributed by atoms with E-state index in [4.69, 9.17) is 5.73 Å². The summed E-state index contributed by atoms with van der Waals surface area (Å²) in [6.45, 7) is 3.90. The Labute approximate surface area is 96.2 Å². The first kappa shape index (κ1) is 11.0. The van der Waals surface area contributed by atoms with Crippen molar-refractivity contribution in [2.45, 2.75) is 19.8 Å². The van der Waals surface area contributed by atoms with E-state index < -0.39 is 0 Å². The molecule has 86 valence electrons. The lowest BCUT2D eigenvalue weighted by Crippen LogP contribution is -2.39. The molecule has 3 nitrogen and oxygen atoms in total.